The number of nitriles is 1. The second-order valence-corrected chi connectivity index (χ2v) is 18.1. The van der Waals surface area contributed by atoms with E-state index >= 15 is 0 Å². The number of rotatable bonds is 7. The quantitative estimate of drug-likeness (QED) is 0.192. The minimum Gasteiger partial charge on any atom is -0.508 e. The SMILES string of the molecule is CC1(C)CC(C)(C)C1NC(=O)c1ccc(N2CCC(CN3CCN(c4ccc5c(=O)n(C6CCC(=O)NC6=O)ncc5c4)CC3)CC2)cc1.N#Cc1ccc(O)cc1Cl. The van der Waals surface area contributed by atoms with Crippen molar-refractivity contribution in [1.82, 2.24) is 25.3 Å². The molecule has 0 radical (unpaired) electrons. The number of amides is 3. The molecule has 4 aromatic rings. The van der Waals surface area contributed by atoms with Gasteiger partial charge < -0.3 is 20.2 Å². The molecular formula is C45H53ClN8O5. The highest BCUT2D eigenvalue weighted by atomic mass is 35.5. The van der Waals surface area contributed by atoms with E-state index in [0.717, 1.165) is 81.7 Å². The molecule has 4 fully saturated rings. The predicted octanol–water partition coefficient (Wildman–Crippen LogP) is 5.88. The molecule has 1 saturated carbocycles. The van der Waals surface area contributed by atoms with Gasteiger partial charge in [0.2, 0.25) is 5.91 Å². The molecule has 3 aromatic carbocycles. The third-order valence-corrected chi connectivity index (χ3v) is 12.8. The first-order chi connectivity index (χ1) is 28.1. The molecule has 1 aliphatic carbocycles. The van der Waals surface area contributed by atoms with Crippen LogP contribution in [-0.4, -0.2) is 89.4 Å². The van der Waals surface area contributed by atoms with Crippen LogP contribution in [0.15, 0.2) is 71.7 Å². The number of phenolic OH excluding ortho intramolecular Hbond substituents is 1. The van der Waals surface area contributed by atoms with E-state index in [1.54, 1.807) is 6.20 Å². The van der Waals surface area contributed by atoms with Crippen LogP contribution in [0.5, 0.6) is 5.75 Å². The van der Waals surface area contributed by atoms with Crippen LogP contribution in [0, 0.1) is 28.1 Å². The Hall–Kier alpha value is -5.45. The molecule has 59 heavy (non-hydrogen) atoms. The van der Waals surface area contributed by atoms with E-state index in [2.05, 4.69) is 70.3 Å². The van der Waals surface area contributed by atoms with E-state index in [4.69, 9.17) is 22.0 Å². The lowest BCUT2D eigenvalue weighted by Crippen LogP contribution is -2.63. The molecule has 3 amide bonds. The lowest BCUT2D eigenvalue weighted by Gasteiger charge is -2.57. The molecule has 13 nitrogen and oxygen atoms in total. The number of imide groups is 1. The average Bonchev–Trinajstić information content (AvgIpc) is 3.21. The number of carbonyl (C=O) groups excluding carboxylic acids is 3. The first kappa shape index (κ1) is 41.7. The highest BCUT2D eigenvalue weighted by molar-refractivity contribution is 6.31. The molecule has 3 aliphatic heterocycles. The van der Waals surface area contributed by atoms with E-state index in [9.17, 15) is 19.2 Å². The van der Waals surface area contributed by atoms with Crippen molar-refractivity contribution in [2.45, 2.75) is 71.9 Å². The van der Waals surface area contributed by atoms with Crippen molar-refractivity contribution in [3.8, 4) is 11.8 Å². The zero-order valence-corrected chi connectivity index (χ0v) is 35.0. The Balaban J connectivity index is 0.000000463. The molecule has 310 valence electrons. The minimum atomic E-state index is -0.766. The fourth-order valence-corrected chi connectivity index (χ4v) is 9.96. The molecule has 14 heteroatoms. The van der Waals surface area contributed by atoms with Crippen LogP contribution in [0.1, 0.15) is 81.8 Å². The summed E-state index contributed by atoms with van der Waals surface area (Å²) in [4.78, 5) is 57.5. The Bertz CT molecular complexity index is 2310. The van der Waals surface area contributed by atoms with E-state index in [0.29, 0.717) is 16.9 Å². The highest BCUT2D eigenvalue weighted by Gasteiger charge is 2.53. The number of aromatic hydroxyl groups is 1. The Morgan fingerprint density at radius 1 is 0.898 bits per heavy atom. The maximum atomic E-state index is 13.2. The lowest BCUT2D eigenvalue weighted by molar-refractivity contribution is -0.136. The number of nitrogens with zero attached hydrogens (tertiary/aromatic N) is 6. The Kier molecular flexibility index (Phi) is 12.0. The van der Waals surface area contributed by atoms with Gasteiger partial charge in [-0.05, 0) is 103 Å². The van der Waals surface area contributed by atoms with Crippen LogP contribution in [0.3, 0.4) is 0 Å². The lowest BCUT2D eigenvalue weighted by atomic mass is 9.52. The number of aromatic nitrogens is 2. The van der Waals surface area contributed by atoms with Gasteiger partial charge in [-0.15, -0.1) is 0 Å². The molecule has 1 aromatic heterocycles. The predicted molar refractivity (Wildman–Crippen MR) is 229 cm³/mol. The third-order valence-electron chi connectivity index (χ3n) is 12.5. The van der Waals surface area contributed by atoms with Crippen LogP contribution in [0.25, 0.3) is 10.8 Å². The Morgan fingerprint density at radius 3 is 2.19 bits per heavy atom. The van der Waals surface area contributed by atoms with Gasteiger partial charge in [-0.1, -0.05) is 39.3 Å². The van der Waals surface area contributed by atoms with E-state index in [-0.39, 0.29) is 57.9 Å². The fraction of sp³-hybridized carbons (Fsp3) is 0.467. The number of hydrogen-bond donors (Lipinski definition) is 3. The summed E-state index contributed by atoms with van der Waals surface area (Å²) in [6, 6.07) is 19.5. The van der Waals surface area contributed by atoms with E-state index < -0.39 is 11.9 Å². The van der Waals surface area contributed by atoms with Crippen LogP contribution in [0.2, 0.25) is 5.02 Å². The molecule has 1 unspecified atom stereocenters. The number of benzene rings is 3. The zero-order valence-electron chi connectivity index (χ0n) is 34.2. The second-order valence-electron chi connectivity index (χ2n) is 17.7. The third kappa shape index (κ3) is 9.24. The van der Waals surface area contributed by atoms with E-state index in [1.807, 2.05) is 36.4 Å². The molecule has 8 rings (SSSR count). The van der Waals surface area contributed by atoms with Gasteiger partial charge in [-0.2, -0.15) is 10.4 Å². The van der Waals surface area contributed by atoms with Gasteiger partial charge in [0.05, 0.1) is 22.2 Å². The number of nitrogens with one attached hydrogen (secondary N) is 2. The van der Waals surface area contributed by atoms with Crippen molar-refractivity contribution < 1.29 is 19.5 Å². The van der Waals surface area contributed by atoms with Crippen molar-refractivity contribution in [3.63, 3.8) is 0 Å². The molecule has 3 saturated heterocycles. The van der Waals surface area contributed by atoms with Gasteiger partial charge >= 0.3 is 0 Å². The molecular weight excluding hydrogens is 768 g/mol. The molecule has 0 bridgehead atoms. The Labute approximate surface area is 349 Å². The molecule has 0 spiro atoms. The maximum absolute atomic E-state index is 13.2. The first-order valence-corrected chi connectivity index (χ1v) is 20.9. The summed E-state index contributed by atoms with van der Waals surface area (Å²) in [5.41, 5.74) is 3.30. The number of anilines is 2. The van der Waals surface area contributed by atoms with Crippen molar-refractivity contribution >= 4 is 51.5 Å². The van der Waals surface area contributed by atoms with Crippen molar-refractivity contribution in [3.05, 3.63) is 93.4 Å². The zero-order chi connectivity index (χ0) is 42.1. The number of halogens is 1. The highest BCUT2D eigenvalue weighted by Crippen LogP contribution is 2.53. The monoisotopic (exact) mass is 820 g/mol. The van der Waals surface area contributed by atoms with Gasteiger partial charge in [0.15, 0.2) is 0 Å². The molecule has 3 N–H and O–H groups in total. The fourth-order valence-electron chi connectivity index (χ4n) is 9.74. The number of fused-ring (bicyclic) bond motifs is 1. The van der Waals surface area contributed by atoms with Crippen LogP contribution in [-0.2, 0) is 9.59 Å². The summed E-state index contributed by atoms with van der Waals surface area (Å²) < 4.78 is 1.21. The summed E-state index contributed by atoms with van der Waals surface area (Å²) in [5, 5.41) is 28.7. The van der Waals surface area contributed by atoms with Gasteiger partial charge in [0, 0.05) is 80.6 Å². The minimum absolute atomic E-state index is 0.0187. The van der Waals surface area contributed by atoms with Crippen molar-refractivity contribution in [1.29, 1.82) is 5.26 Å². The molecule has 1 atom stereocenters. The summed E-state index contributed by atoms with van der Waals surface area (Å²) in [6.07, 6.45) is 5.54. The van der Waals surface area contributed by atoms with Crippen molar-refractivity contribution in [2.24, 2.45) is 16.7 Å². The summed E-state index contributed by atoms with van der Waals surface area (Å²) >= 11 is 5.55. The first-order valence-electron chi connectivity index (χ1n) is 20.5. The Morgan fingerprint density at radius 2 is 1.56 bits per heavy atom. The number of hydrogen-bond acceptors (Lipinski definition) is 10. The number of phenols is 1. The topological polar surface area (TPSA) is 164 Å². The largest absolute Gasteiger partial charge is 0.508 e. The second kappa shape index (κ2) is 17.0. The average molecular weight is 821 g/mol. The number of carbonyl (C=O) groups is 3. The van der Waals surface area contributed by atoms with Gasteiger partial charge in [0.25, 0.3) is 17.4 Å². The molecule has 4 heterocycles. The van der Waals surface area contributed by atoms with Crippen LogP contribution in [0.4, 0.5) is 11.4 Å². The number of piperazine rings is 1. The van der Waals surface area contributed by atoms with Gasteiger partial charge in [-0.25, -0.2) is 4.68 Å². The standard InChI is InChI=1S/C38H49N7O4.C7H4ClNO/c1-37(2)24-38(3,4)36(37)41-33(47)26-5-7-28(8-6-26)43-15-13-25(14-16-43)23-42-17-19-44(20-18-42)29-9-10-30-27(21-29)22-39-45(35(30)49)31-11-12-32(46)40-34(31)48;8-7-3-6(10)2-1-5(7)4-9/h5-10,21-22,25,31,36H,11-20,23-24H2,1-4H3,(H,41,47)(H,40,46,48);1-3,10H. The molecule has 4 aliphatic rings. The van der Waals surface area contributed by atoms with Gasteiger partial charge in [0.1, 0.15) is 17.9 Å². The summed E-state index contributed by atoms with van der Waals surface area (Å²) in [6.45, 7) is 15.9. The van der Waals surface area contributed by atoms with Crippen LogP contribution >= 0.6 is 11.6 Å². The van der Waals surface area contributed by atoms with Crippen LogP contribution < -0.4 is 26.0 Å². The summed E-state index contributed by atoms with van der Waals surface area (Å²) in [5.74, 6) is -0.0345. The number of piperidine rings is 2. The smallest absolute Gasteiger partial charge is 0.275 e. The maximum Gasteiger partial charge on any atom is 0.275 e. The van der Waals surface area contributed by atoms with Crippen molar-refractivity contribution in [2.75, 3.05) is 55.6 Å². The van der Waals surface area contributed by atoms with E-state index in [1.165, 1.54) is 28.6 Å². The van der Waals surface area contributed by atoms with Gasteiger partial charge in [-0.3, -0.25) is 29.4 Å². The normalized spacial score (nSPS) is 20.8. The summed E-state index contributed by atoms with van der Waals surface area (Å²) in [7, 11) is 0.